The van der Waals surface area contributed by atoms with E-state index in [9.17, 15) is 18.0 Å². The lowest BCUT2D eigenvalue weighted by Gasteiger charge is -2.13. The van der Waals surface area contributed by atoms with Gasteiger partial charge < -0.3 is 5.32 Å². The number of amidine groups is 1. The summed E-state index contributed by atoms with van der Waals surface area (Å²) in [5.74, 6) is -0.702. The molecule has 2 amide bonds. The van der Waals surface area contributed by atoms with Crippen molar-refractivity contribution in [2.24, 2.45) is 4.40 Å². The summed E-state index contributed by atoms with van der Waals surface area (Å²) >= 11 is 6.80. The highest BCUT2D eigenvalue weighted by atomic mass is 35.5. The van der Waals surface area contributed by atoms with Gasteiger partial charge in [-0.25, -0.2) is 0 Å². The van der Waals surface area contributed by atoms with Gasteiger partial charge in [0.05, 0.1) is 4.90 Å². The number of amides is 2. The minimum absolute atomic E-state index is 0.0422. The number of rotatable bonds is 6. The number of thioether (sulfide) groups is 1. The van der Waals surface area contributed by atoms with Crippen LogP contribution in [0.4, 0.5) is 5.69 Å². The fraction of sp³-hybridized carbons (Fsp3) is 0.211. The Morgan fingerprint density at radius 3 is 2.45 bits per heavy atom. The second-order valence-corrected chi connectivity index (χ2v) is 9.32. The van der Waals surface area contributed by atoms with Gasteiger partial charge in [-0.05, 0) is 43.3 Å². The number of hydrogen-bond acceptors (Lipinski definition) is 5. The predicted octanol–water partition coefficient (Wildman–Crippen LogP) is 3.38. The highest BCUT2D eigenvalue weighted by Gasteiger charge is 2.39. The van der Waals surface area contributed by atoms with Crippen molar-refractivity contribution in [2.45, 2.75) is 23.5 Å². The third-order valence-corrected chi connectivity index (χ3v) is 6.90. The maximum absolute atomic E-state index is 12.6. The summed E-state index contributed by atoms with van der Waals surface area (Å²) in [4.78, 5) is 26.3. The van der Waals surface area contributed by atoms with Crippen molar-refractivity contribution in [3.05, 3.63) is 59.6 Å². The SMILES string of the molecule is CCN1C(=O)[C@H](CC(=O)Nc2ccc(Cl)cc2)SC1=NS(=O)(=O)c1ccccc1. The predicted molar refractivity (Wildman–Crippen MR) is 115 cm³/mol. The van der Waals surface area contributed by atoms with E-state index in [1.165, 1.54) is 17.0 Å². The molecule has 0 aliphatic carbocycles. The Hall–Kier alpha value is -2.36. The zero-order valence-electron chi connectivity index (χ0n) is 15.4. The molecule has 2 aromatic rings. The Bertz CT molecular complexity index is 1040. The molecule has 1 heterocycles. The normalized spacial score (nSPS) is 18.3. The fourth-order valence-electron chi connectivity index (χ4n) is 2.66. The van der Waals surface area contributed by atoms with Crippen molar-refractivity contribution in [2.75, 3.05) is 11.9 Å². The summed E-state index contributed by atoms with van der Waals surface area (Å²) < 4.78 is 28.9. The summed E-state index contributed by atoms with van der Waals surface area (Å²) in [7, 11) is -3.95. The van der Waals surface area contributed by atoms with Gasteiger partial charge in [0.25, 0.3) is 10.0 Å². The molecule has 1 aliphatic heterocycles. The second kappa shape index (κ2) is 8.98. The number of carbonyl (C=O) groups is 2. The van der Waals surface area contributed by atoms with E-state index < -0.39 is 15.3 Å². The quantitative estimate of drug-likeness (QED) is 0.726. The first kappa shape index (κ1) is 21.4. The van der Waals surface area contributed by atoms with Crippen molar-refractivity contribution < 1.29 is 18.0 Å². The molecule has 29 heavy (non-hydrogen) atoms. The number of nitrogens with zero attached hydrogens (tertiary/aromatic N) is 2. The van der Waals surface area contributed by atoms with Crippen LogP contribution in [0.25, 0.3) is 0 Å². The Balaban J connectivity index is 1.74. The van der Waals surface area contributed by atoms with E-state index >= 15 is 0 Å². The number of benzene rings is 2. The lowest BCUT2D eigenvalue weighted by Crippen LogP contribution is -2.33. The maximum atomic E-state index is 12.6. The second-order valence-electron chi connectivity index (χ2n) is 6.11. The third kappa shape index (κ3) is 5.17. The standard InChI is InChI=1S/C19H18ClN3O4S2/c1-2-23-18(25)16(12-17(24)21-14-10-8-13(20)9-11-14)28-19(23)22-29(26,27)15-6-4-3-5-7-15/h3-11,16H,2,12H2,1H3,(H,21,24)/t16-/m0/s1. The van der Waals surface area contributed by atoms with Crippen molar-refractivity contribution in [3.63, 3.8) is 0 Å². The Morgan fingerprint density at radius 2 is 1.83 bits per heavy atom. The molecule has 0 spiro atoms. The molecule has 1 aliphatic rings. The average molecular weight is 452 g/mol. The highest BCUT2D eigenvalue weighted by Crippen LogP contribution is 2.31. The number of nitrogens with one attached hydrogen (secondary N) is 1. The van der Waals surface area contributed by atoms with Crippen LogP contribution in [-0.4, -0.2) is 42.1 Å². The van der Waals surface area contributed by atoms with Gasteiger partial charge in [0.2, 0.25) is 11.8 Å². The van der Waals surface area contributed by atoms with Crippen LogP contribution in [0.5, 0.6) is 0 Å². The smallest absolute Gasteiger partial charge is 0.284 e. The minimum Gasteiger partial charge on any atom is -0.326 e. The topological polar surface area (TPSA) is 95.9 Å². The van der Waals surface area contributed by atoms with Crippen LogP contribution in [0.15, 0.2) is 63.9 Å². The van der Waals surface area contributed by atoms with Gasteiger partial charge in [-0.15, -0.1) is 4.40 Å². The monoisotopic (exact) mass is 451 g/mol. The number of hydrogen-bond donors (Lipinski definition) is 1. The van der Waals surface area contributed by atoms with Gasteiger partial charge in [0.15, 0.2) is 5.17 Å². The molecular formula is C19H18ClN3O4S2. The largest absolute Gasteiger partial charge is 0.326 e. The van der Waals surface area contributed by atoms with E-state index in [2.05, 4.69) is 9.71 Å². The van der Waals surface area contributed by atoms with Crippen molar-refractivity contribution >= 4 is 56.1 Å². The van der Waals surface area contributed by atoms with Crippen molar-refractivity contribution in [1.82, 2.24) is 4.90 Å². The summed E-state index contributed by atoms with van der Waals surface area (Å²) in [6.45, 7) is 1.98. The van der Waals surface area contributed by atoms with E-state index in [1.54, 1.807) is 49.4 Å². The van der Waals surface area contributed by atoms with E-state index in [4.69, 9.17) is 11.6 Å². The molecule has 0 saturated carbocycles. The van der Waals surface area contributed by atoms with E-state index in [1.807, 2.05) is 0 Å². The van der Waals surface area contributed by atoms with Gasteiger partial charge in [0.1, 0.15) is 5.25 Å². The van der Waals surface area contributed by atoms with Crippen LogP contribution in [0.1, 0.15) is 13.3 Å². The highest BCUT2D eigenvalue weighted by molar-refractivity contribution is 8.16. The molecular weight excluding hydrogens is 434 g/mol. The van der Waals surface area contributed by atoms with Gasteiger partial charge in [-0.2, -0.15) is 8.42 Å². The molecule has 7 nitrogen and oxygen atoms in total. The molecule has 1 saturated heterocycles. The van der Waals surface area contributed by atoms with Crippen LogP contribution in [-0.2, 0) is 19.6 Å². The zero-order chi connectivity index (χ0) is 21.0. The fourth-order valence-corrected chi connectivity index (χ4v) is 5.23. The first-order valence-electron chi connectivity index (χ1n) is 8.73. The molecule has 152 valence electrons. The van der Waals surface area contributed by atoms with E-state index in [0.29, 0.717) is 10.7 Å². The molecule has 10 heteroatoms. The van der Waals surface area contributed by atoms with Crippen LogP contribution >= 0.6 is 23.4 Å². The molecule has 0 radical (unpaired) electrons. The third-order valence-electron chi connectivity index (χ3n) is 4.07. The van der Waals surface area contributed by atoms with Crippen LogP contribution in [0.2, 0.25) is 5.02 Å². The van der Waals surface area contributed by atoms with E-state index in [-0.39, 0.29) is 34.8 Å². The van der Waals surface area contributed by atoms with Gasteiger partial charge in [0, 0.05) is 23.7 Å². The van der Waals surface area contributed by atoms with Crippen LogP contribution < -0.4 is 5.32 Å². The number of halogens is 1. The van der Waals surface area contributed by atoms with Crippen molar-refractivity contribution in [3.8, 4) is 0 Å². The lowest BCUT2D eigenvalue weighted by molar-refractivity contribution is -0.128. The molecule has 1 atom stereocenters. The van der Waals surface area contributed by atoms with Crippen LogP contribution in [0, 0.1) is 0 Å². The minimum atomic E-state index is -3.95. The summed E-state index contributed by atoms with van der Waals surface area (Å²) in [5.41, 5.74) is 0.558. The Morgan fingerprint density at radius 1 is 1.17 bits per heavy atom. The Labute approximate surface area is 178 Å². The molecule has 0 bridgehead atoms. The first-order chi connectivity index (χ1) is 13.8. The maximum Gasteiger partial charge on any atom is 0.284 e. The number of anilines is 1. The molecule has 3 rings (SSSR count). The summed E-state index contributed by atoms with van der Waals surface area (Å²) in [6, 6.07) is 14.4. The average Bonchev–Trinajstić information content (AvgIpc) is 2.97. The number of carbonyl (C=O) groups excluding carboxylic acids is 2. The summed E-state index contributed by atoms with van der Waals surface area (Å²) in [6.07, 6.45) is -0.104. The van der Waals surface area contributed by atoms with E-state index in [0.717, 1.165) is 11.8 Å². The first-order valence-corrected chi connectivity index (χ1v) is 11.4. The molecule has 1 fully saturated rings. The molecule has 0 unspecified atom stereocenters. The Kier molecular flexibility index (Phi) is 6.61. The lowest BCUT2D eigenvalue weighted by atomic mass is 10.2. The van der Waals surface area contributed by atoms with Crippen molar-refractivity contribution in [1.29, 1.82) is 0 Å². The number of sulfonamides is 1. The zero-order valence-corrected chi connectivity index (χ0v) is 17.8. The summed E-state index contributed by atoms with van der Waals surface area (Å²) in [5, 5.41) is 2.57. The van der Waals surface area contributed by atoms with Gasteiger partial charge in [-0.3, -0.25) is 14.5 Å². The van der Waals surface area contributed by atoms with Gasteiger partial charge in [-0.1, -0.05) is 41.6 Å². The molecule has 1 N–H and O–H groups in total. The van der Waals surface area contributed by atoms with Gasteiger partial charge >= 0.3 is 0 Å². The molecule has 0 aromatic heterocycles. The van der Waals surface area contributed by atoms with Crippen LogP contribution in [0.3, 0.4) is 0 Å². The molecule has 2 aromatic carbocycles.